The molecule has 24 heavy (non-hydrogen) atoms. The van der Waals surface area contributed by atoms with Crippen LogP contribution in [0.15, 0.2) is 48.5 Å². The van der Waals surface area contributed by atoms with Crippen molar-refractivity contribution in [1.29, 1.82) is 0 Å². The van der Waals surface area contributed by atoms with Crippen LogP contribution < -0.4 is 15.4 Å². The van der Waals surface area contributed by atoms with E-state index in [0.29, 0.717) is 11.4 Å². The van der Waals surface area contributed by atoms with E-state index in [1.54, 1.807) is 31.4 Å². The first-order valence-corrected chi connectivity index (χ1v) is 7.92. The first kappa shape index (κ1) is 17.9. The number of methoxy groups -OCH3 is 1. The molecule has 128 valence electrons. The van der Waals surface area contributed by atoms with Gasteiger partial charge in [-0.3, -0.25) is 4.79 Å². The van der Waals surface area contributed by atoms with Gasteiger partial charge in [0, 0.05) is 17.8 Å². The molecule has 4 nitrogen and oxygen atoms in total. The lowest BCUT2D eigenvalue weighted by molar-refractivity contribution is -0.115. The Labute approximate surface area is 142 Å². The lowest BCUT2D eigenvalue weighted by Gasteiger charge is -2.23. The Morgan fingerprint density at radius 1 is 1.17 bits per heavy atom. The van der Waals surface area contributed by atoms with Gasteiger partial charge in [0.25, 0.3) is 0 Å². The third-order valence-electron chi connectivity index (χ3n) is 3.73. The lowest BCUT2D eigenvalue weighted by Crippen LogP contribution is -2.33. The molecule has 0 saturated carbocycles. The molecule has 0 fully saturated rings. The van der Waals surface area contributed by atoms with Crippen molar-refractivity contribution in [3.63, 3.8) is 0 Å². The number of ether oxygens (including phenoxy) is 1. The smallest absolute Gasteiger partial charge is 0.238 e. The molecule has 0 aliphatic heterocycles. The van der Waals surface area contributed by atoms with Crippen LogP contribution in [0, 0.1) is 11.7 Å². The van der Waals surface area contributed by atoms with Gasteiger partial charge in [-0.2, -0.15) is 0 Å². The largest absolute Gasteiger partial charge is 0.497 e. The number of anilines is 1. The van der Waals surface area contributed by atoms with E-state index in [2.05, 4.69) is 24.5 Å². The summed E-state index contributed by atoms with van der Waals surface area (Å²) in [7, 11) is 1.58. The molecule has 1 atom stereocenters. The number of hydrogen-bond donors (Lipinski definition) is 2. The van der Waals surface area contributed by atoms with Gasteiger partial charge >= 0.3 is 0 Å². The Morgan fingerprint density at radius 3 is 2.50 bits per heavy atom. The standard InChI is InChI=1S/C19H23FN2O2/c1-13(2)19(14-7-9-15(20)10-8-14)21-12-18(23)22-16-5-4-6-17(11-16)24-3/h4-11,13,19,21H,12H2,1-3H3,(H,22,23). The maximum Gasteiger partial charge on any atom is 0.238 e. The van der Waals surface area contributed by atoms with Crippen molar-refractivity contribution in [3.8, 4) is 5.75 Å². The fourth-order valence-electron chi connectivity index (χ4n) is 2.52. The summed E-state index contributed by atoms with van der Waals surface area (Å²) in [5.74, 6) is 0.542. The molecule has 5 heteroatoms. The van der Waals surface area contributed by atoms with Crippen LogP contribution in [-0.4, -0.2) is 19.6 Å². The predicted octanol–water partition coefficient (Wildman–Crippen LogP) is 3.76. The molecule has 2 N–H and O–H groups in total. The summed E-state index contributed by atoms with van der Waals surface area (Å²) in [6.45, 7) is 4.28. The van der Waals surface area contributed by atoms with E-state index in [1.807, 2.05) is 12.1 Å². The van der Waals surface area contributed by atoms with E-state index in [-0.39, 0.29) is 30.2 Å². The maximum atomic E-state index is 13.1. The van der Waals surface area contributed by atoms with Gasteiger partial charge in [0.15, 0.2) is 0 Å². The first-order chi connectivity index (χ1) is 11.5. The van der Waals surface area contributed by atoms with Crippen LogP contribution in [0.4, 0.5) is 10.1 Å². The summed E-state index contributed by atoms with van der Waals surface area (Å²) in [6.07, 6.45) is 0. The van der Waals surface area contributed by atoms with Gasteiger partial charge in [-0.15, -0.1) is 0 Å². The number of benzene rings is 2. The van der Waals surface area contributed by atoms with Crippen molar-refractivity contribution in [2.24, 2.45) is 5.92 Å². The molecule has 0 aliphatic rings. The molecule has 0 saturated heterocycles. The summed E-state index contributed by atoms with van der Waals surface area (Å²) in [5.41, 5.74) is 1.64. The normalized spacial score (nSPS) is 12.0. The monoisotopic (exact) mass is 330 g/mol. The zero-order chi connectivity index (χ0) is 17.5. The summed E-state index contributed by atoms with van der Waals surface area (Å²) in [5, 5.41) is 6.07. The number of carbonyl (C=O) groups is 1. The van der Waals surface area contributed by atoms with Crippen LogP contribution in [0.2, 0.25) is 0 Å². The van der Waals surface area contributed by atoms with Crippen molar-refractivity contribution < 1.29 is 13.9 Å². The predicted molar refractivity (Wildman–Crippen MR) is 93.6 cm³/mol. The molecule has 2 aromatic rings. The third kappa shape index (κ3) is 5.06. The minimum Gasteiger partial charge on any atom is -0.497 e. The minimum absolute atomic E-state index is 0.0262. The Kier molecular flexibility index (Phi) is 6.32. The Bertz CT molecular complexity index is 671. The van der Waals surface area contributed by atoms with Crippen molar-refractivity contribution in [1.82, 2.24) is 5.32 Å². The van der Waals surface area contributed by atoms with Crippen molar-refractivity contribution >= 4 is 11.6 Å². The Balaban J connectivity index is 1.96. The molecule has 0 radical (unpaired) electrons. The van der Waals surface area contributed by atoms with E-state index in [9.17, 15) is 9.18 Å². The molecule has 2 aromatic carbocycles. The molecule has 1 amide bonds. The zero-order valence-corrected chi connectivity index (χ0v) is 14.2. The summed E-state index contributed by atoms with van der Waals surface area (Å²) < 4.78 is 18.2. The van der Waals surface area contributed by atoms with Crippen molar-refractivity contribution in [2.75, 3.05) is 19.0 Å². The van der Waals surface area contributed by atoms with E-state index in [4.69, 9.17) is 4.74 Å². The SMILES string of the molecule is COc1cccc(NC(=O)CNC(c2ccc(F)cc2)C(C)C)c1. The maximum absolute atomic E-state index is 13.1. The molecule has 0 bridgehead atoms. The average molecular weight is 330 g/mol. The van der Waals surface area contributed by atoms with Gasteiger partial charge in [-0.1, -0.05) is 32.0 Å². The van der Waals surface area contributed by atoms with Gasteiger partial charge < -0.3 is 15.4 Å². The van der Waals surface area contributed by atoms with Gasteiger partial charge in [-0.25, -0.2) is 4.39 Å². The van der Waals surface area contributed by atoms with Crippen LogP contribution in [-0.2, 0) is 4.79 Å². The third-order valence-corrected chi connectivity index (χ3v) is 3.73. The number of nitrogens with one attached hydrogen (secondary N) is 2. The van der Waals surface area contributed by atoms with E-state index in [1.165, 1.54) is 12.1 Å². The molecular formula is C19H23FN2O2. The number of hydrogen-bond acceptors (Lipinski definition) is 3. The van der Waals surface area contributed by atoms with Crippen LogP contribution in [0.3, 0.4) is 0 Å². The van der Waals surface area contributed by atoms with E-state index < -0.39 is 0 Å². The van der Waals surface area contributed by atoms with Crippen LogP contribution in [0.5, 0.6) is 5.75 Å². The van der Waals surface area contributed by atoms with Crippen molar-refractivity contribution in [3.05, 3.63) is 59.9 Å². The number of halogens is 1. The zero-order valence-electron chi connectivity index (χ0n) is 14.2. The van der Waals surface area contributed by atoms with Gasteiger partial charge in [0.2, 0.25) is 5.91 Å². The second-order valence-corrected chi connectivity index (χ2v) is 5.93. The van der Waals surface area contributed by atoms with Crippen molar-refractivity contribution in [2.45, 2.75) is 19.9 Å². The van der Waals surface area contributed by atoms with E-state index in [0.717, 1.165) is 5.56 Å². The van der Waals surface area contributed by atoms with Crippen LogP contribution in [0.1, 0.15) is 25.5 Å². The fraction of sp³-hybridized carbons (Fsp3) is 0.316. The molecule has 0 aromatic heterocycles. The van der Waals surface area contributed by atoms with E-state index >= 15 is 0 Å². The van der Waals surface area contributed by atoms with Gasteiger partial charge in [-0.05, 0) is 35.7 Å². The molecule has 1 unspecified atom stereocenters. The average Bonchev–Trinajstić information content (AvgIpc) is 2.56. The summed E-state index contributed by atoms with van der Waals surface area (Å²) >= 11 is 0. The second-order valence-electron chi connectivity index (χ2n) is 5.93. The molecule has 0 heterocycles. The number of carbonyl (C=O) groups excluding carboxylic acids is 1. The highest BCUT2D eigenvalue weighted by molar-refractivity contribution is 5.92. The number of rotatable bonds is 7. The lowest BCUT2D eigenvalue weighted by atomic mass is 9.96. The highest BCUT2D eigenvalue weighted by Gasteiger charge is 2.16. The fourth-order valence-corrected chi connectivity index (χ4v) is 2.52. The Hall–Kier alpha value is -2.40. The molecule has 2 rings (SSSR count). The van der Waals surface area contributed by atoms with Gasteiger partial charge in [0.1, 0.15) is 11.6 Å². The topological polar surface area (TPSA) is 50.4 Å². The Morgan fingerprint density at radius 2 is 1.88 bits per heavy atom. The number of amides is 1. The highest BCUT2D eigenvalue weighted by atomic mass is 19.1. The molecule has 0 spiro atoms. The molecular weight excluding hydrogens is 307 g/mol. The summed E-state index contributed by atoms with van der Waals surface area (Å²) in [6, 6.07) is 13.5. The molecule has 0 aliphatic carbocycles. The minimum atomic E-state index is -0.267. The second kappa shape index (κ2) is 8.45. The first-order valence-electron chi connectivity index (χ1n) is 7.92. The quantitative estimate of drug-likeness (QED) is 0.813. The van der Waals surface area contributed by atoms with Crippen LogP contribution in [0.25, 0.3) is 0 Å². The van der Waals surface area contributed by atoms with Gasteiger partial charge in [0.05, 0.1) is 13.7 Å². The summed E-state index contributed by atoms with van der Waals surface area (Å²) in [4.78, 5) is 12.2. The van der Waals surface area contributed by atoms with Crippen LogP contribution >= 0.6 is 0 Å². The highest BCUT2D eigenvalue weighted by Crippen LogP contribution is 2.22.